The monoisotopic (exact) mass is 249 g/mol. The van der Waals surface area contributed by atoms with E-state index in [2.05, 4.69) is 4.99 Å². The average molecular weight is 249 g/mol. The molecule has 1 unspecified atom stereocenters. The van der Waals surface area contributed by atoms with Gasteiger partial charge in [0, 0.05) is 28.2 Å². The molecule has 0 aliphatic carbocycles. The topological polar surface area (TPSA) is 39.1 Å². The Balaban J connectivity index is 2.86. The van der Waals surface area contributed by atoms with Crippen LogP contribution in [0.3, 0.4) is 0 Å². The van der Waals surface area contributed by atoms with Crippen molar-refractivity contribution >= 4 is 5.96 Å². The van der Waals surface area contributed by atoms with Crippen molar-refractivity contribution in [2.24, 2.45) is 4.99 Å². The van der Waals surface area contributed by atoms with Gasteiger partial charge in [-0.2, -0.15) is 0 Å². The molecule has 18 heavy (non-hydrogen) atoms. The molecule has 0 fully saturated rings. The second-order valence-corrected chi connectivity index (χ2v) is 5.04. The summed E-state index contributed by atoms with van der Waals surface area (Å²) in [6.07, 6.45) is 0. The van der Waals surface area contributed by atoms with Crippen LogP contribution in [0.25, 0.3) is 0 Å². The third-order valence-electron chi connectivity index (χ3n) is 2.72. The predicted octanol–water partition coefficient (Wildman–Crippen LogP) is 1.37. The number of aliphatic hydroxyl groups is 1. The summed E-state index contributed by atoms with van der Waals surface area (Å²) in [5, 5.41) is 10.5. The summed E-state index contributed by atoms with van der Waals surface area (Å²) in [4.78, 5) is 8.35. The van der Waals surface area contributed by atoms with Crippen LogP contribution >= 0.6 is 0 Å². The van der Waals surface area contributed by atoms with E-state index in [1.165, 1.54) is 0 Å². The first kappa shape index (κ1) is 14.5. The molecule has 4 heteroatoms. The van der Waals surface area contributed by atoms with Crippen LogP contribution in [0.4, 0.5) is 0 Å². The van der Waals surface area contributed by atoms with Crippen LogP contribution in [0.1, 0.15) is 12.5 Å². The first-order chi connectivity index (χ1) is 8.34. The summed E-state index contributed by atoms with van der Waals surface area (Å²) in [7, 11) is 7.76. The summed E-state index contributed by atoms with van der Waals surface area (Å²) < 4.78 is 0. The average Bonchev–Trinajstić information content (AvgIpc) is 2.29. The van der Waals surface area contributed by atoms with Crippen molar-refractivity contribution in [3.05, 3.63) is 35.9 Å². The van der Waals surface area contributed by atoms with Gasteiger partial charge in [0.25, 0.3) is 0 Å². The molecule has 0 saturated carbocycles. The Morgan fingerprint density at radius 1 is 1.11 bits per heavy atom. The minimum absolute atomic E-state index is 0.336. The number of hydrogen-bond donors (Lipinski definition) is 1. The first-order valence-corrected chi connectivity index (χ1v) is 6.01. The highest BCUT2D eigenvalue weighted by Gasteiger charge is 2.22. The molecule has 0 heterocycles. The minimum Gasteiger partial charge on any atom is -0.384 e. The van der Waals surface area contributed by atoms with E-state index in [-0.39, 0.29) is 0 Å². The van der Waals surface area contributed by atoms with E-state index >= 15 is 0 Å². The Morgan fingerprint density at radius 3 is 2.06 bits per heavy atom. The van der Waals surface area contributed by atoms with Crippen molar-refractivity contribution in [3.63, 3.8) is 0 Å². The fourth-order valence-electron chi connectivity index (χ4n) is 1.80. The Hall–Kier alpha value is -1.55. The number of guanidine groups is 1. The van der Waals surface area contributed by atoms with Crippen LogP contribution in [0.15, 0.2) is 35.3 Å². The molecule has 1 rings (SSSR count). The zero-order chi connectivity index (χ0) is 13.8. The molecule has 0 aliphatic heterocycles. The highest BCUT2D eigenvalue weighted by molar-refractivity contribution is 5.79. The number of benzene rings is 1. The standard InChI is InChI=1S/C14H23N3O/c1-14(18,12-9-7-6-8-10-12)11-15-13(16(2)3)17(4)5/h6-10,18H,11H2,1-5H3. The third kappa shape index (κ3) is 3.74. The third-order valence-corrected chi connectivity index (χ3v) is 2.72. The smallest absolute Gasteiger partial charge is 0.195 e. The maximum atomic E-state index is 10.5. The van der Waals surface area contributed by atoms with Gasteiger partial charge in [0.05, 0.1) is 6.54 Å². The van der Waals surface area contributed by atoms with E-state index < -0.39 is 5.60 Å². The molecule has 1 aromatic rings. The number of hydrogen-bond acceptors (Lipinski definition) is 2. The van der Waals surface area contributed by atoms with E-state index in [1.54, 1.807) is 6.92 Å². The van der Waals surface area contributed by atoms with Gasteiger partial charge in [-0.3, -0.25) is 0 Å². The van der Waals surface area contributed by atoms with Crippen molar-refractivity contribution in [1.82, 2.24) is 9.80 Å². The van der Waals surface area contributed by atoms with Gasteiger partial charge in [0.1, 0.15) is 5.60 Å². The Labute approximate surface area is 110 Å². The molecule has 1 N–H and O–H groups in total. The summed E-state index contributed by atoms with van der Waals surface area (Å²) in [6, 6.07) is 9.62. The summed E-state index contributed by atoms with van der Waals surface area (Å²) >= 11 is 0. The van der Waals surface area contributed by atoms with Gasteiger partial charge in [-0.25, -0.2) is 4.99 Å². The molecule has 0 spiro atoms. The summed E-state index contributed by atoms with van der Waals surface area (Å²) in [5.41, 5.74) is -0.0657. The molecule has 0 saturated heterocycles. The van der Waals surface area contributed by atoms with Gasteiger partial charge in [-0.05, 0) is 12.5 Å². The molecule has 0 aromatic heterocycles. The molecule has 100 valence electrons. The quantitative estimate of drug-likeness (QED) is 0.649. The lowest BCUT2D eigenvalue weighted by molar-refractivity contribution is 0.0668. The predicted molar refractivity (Wildman–Crippen MR) is 75.7 cm³/mol. The highest BCUT2D eigenvalue weighted by atomic mass is 16.3. The minimum atomic E-state index is -0.946. The van der Waals surface area contributed by atoms with Crippen molar-refractivity contribution in [2.75, 3.05) is 34.7 Å². The SMILES string of the molecule is CN(C)C(=NCC(C)(O)c1ccccc1)N(C)C. The molecular weight excluding hydrogens is 226 g/mol. The van der Waals surface area contributed by atoms with E-state index in [0.717, 1.165) is 11.5 Å². The fraction of sp³-hybridized carbons (Fsp3) is 0.500. The largest absolute Gasteiger partial charge is 0.384 e. The zero-order valence-corrected chi connectivity index (χ0v) is 11.9. The van der Waals surface area contributed by atoms with Crippen LogP contribution in [0.2, 0.25) is 0 Å². The van der Waals surface area contributed by atoms with Crippen LogP contribution in [-0.2, 0) is 5.60 Å². The Morgan fingerprint density at radius 2 is 1.61 bits per heavy atom. The molecule has 1 aromatic carbocycles. The highest BCUT2D eigenvalue weighted by Crippen LogP contribution is 2.20. The molecule has 0 radical (unpaired) electrons. The first-order valence-electron chi connectivity index (χ1n) is 6.01. The van der Waals surface area contributed by atoms with Gasteiger partial charge in [0.2, 0.25) is 0 Å². The van der Waals surface area contributed by atoms with Crippen LogP contribution in [0, 0.1) is 0 Å². The lowest BCUT2D eigenvalue weighted by Crippen LogP contribution is -2.37. The molecule has 4 nitrogen and oxygen atoms in total. The number of nitrogens with zero attached hydrogens (tertiary/aromatic N) is 3. The van der Waals surface area contributed by atoms with Crippen LogP contribution in [0.5, 0.6) is 0 Å². The van der Waals surface area contributed by atoms with Crippen molar-refractivity contribution in [2.45, 2.75) is 12.5 Å². The maximum Gasteiger partial charge on any atom is 0.195 e. The van der Waals surface area contributed by atoms with E-state index in [1.807, 2.05) is 68.3 Å². The van der Waals surface area contributed by atoms with E-state index in [9.17, 15) is 5.11 Å². The Bertz CT molecular complexity index is 387. The Kier molecular flexibility index (Phi) is 4.73. The summed E-state index contributed by atoms with van der Waals surface area (Å²) in [5.74, 6) is 0.839. The number of rotatable bonds is 3. The zero-order valence-electron chi connectivity index (χ0n) is 11.9. The molecule has 0 aliphatic rings. The normalized spacial score (nSPS) is 13.7. The van der Waals surface area contributed by atoms with E-state index in [4.69, 9.17) is 0 Å². The van der Waals surface area contributed by atoms with Crippen LogP contribution in [-0.4, -0.2) is 55.6 Å². The van der Waals surface area contributed by atoms with Gasteiger partial charge in [0.15, 0.2) is 5.96 Å². The van der Waals surface area contributed by atoms with Crippen LogP contribution < -0.4 is 0 Å². The van der Waals surface area contributed by atoms with Gasteiger partial charge in [-0.15, -0.1) is 0 Å². The summed E-state index contributed by atoms with van der Waals surface area (Å²) in [6.45, 7) is 2.12. The van der Waals surface area contributed by atoms with Crippen molar-refractivity contribution in [3.8, 4) is 0 Å². The molecular formula is C14H23N3O. The van der Waals surface area contributed by atoms with Gasteiger partial charge < -0.3 is 14.9 Å². The second kappa shape index (κ2) is 5.87. The van der Waals surface area contributed by atoms with Gasteiger partial charge in [-0.1, -0.05) is 30.3 Å². The fourth-order valence-corrected chi connectivity index (χ4v) is 1.80. The molecule has 0 bridgehead atoms. The lowest BCUT2D eigenvalue weighted by atomic mass is 9.96. The lowest BCUT2D eigenvalue weighted by Gasteiger charge is -2.26. The maximum absolute atomic E-state index is 10.5. The second-order valence-electron chi connectivity index (χ2n) is 5.04. The van der Waals surface area contributed by atoms with Crippen molar-refractivity contribution in [1.29, 1.82) is 0 Å². The molecule has 0 amide bonds. The van der Waals surface area contributed by atoms with Gasteiger partial charge >= 0.3 is 0 Å². The van der Waals surface area contributed by atoms with Crippen molar-refractivity contribution < 1.29 is 5.11 Å². The van der Waals surface area contributed by atoms with E-state index in [0.29, 0.717) is 6.54 Å². The number of aliphatic imine (C=N–C) groups is 1. The molecule has 1 atom stereocenters.